The first-order valence-electron chi connectivity index (χ1n) is 10.4. The van der Waals surface area contributed by atoms with Crippen LogP contribution in [0, 0.1) is 0 Å². The summed E-state index contributed by atoms with van der Waals surface area (Å²) in [7, 11) is 0. The van der Waals surface area contributed by atoms with Crippen LogP contribution < -0.4 is 15.6 Å². The standard InChI is InChI=1S/C25H22N4O4/c30-22(26-17-18-10-4-1-5-11-18)16-21-24(32)28(20-14-8-3-9-15-20)25(33)29(21)27-23(31)19-12-6-2-7-13-19/h1-15,21H,16-17H2,(H,26,30)(H,27,31). The molecule has 1 saturated heterocycles. The molecule has 0 radical (unpaired) electrons. The number of anilines is 1. The fourth-order valence-corrected chi connectivity index (χ4v) is 3.52. The van der Waals surface area contributed by atoms with Gasteiger partial charge in [-0.05, 0) is 29.8 Å². The molecule has 1 atom stereocenters. The number of para-hydroxylation sites is 1. The predicted octanol–water partition coefficient (Wildman–Crippen LogP) is 2.88. The highest BCUT2D eigenvalue weighted by Gasteiger charge is 2.47. The van der Waals surface area contributed by atoms with Crippen molar-refractivity contribution >= 4 is 29.4 Å². The van der Waals surface area contributed by atoms with Crippen LogP contribution in [0.2, 0.25) is 0 Å². The number of carbonyl (C=O) groups excluding carboxylic acids is 4. The van der Waals surface area contributed by atoms with Gasteiger partial charge in [0.2, 0.25) is 5.91 Å². The van der Waals surface area contributed by atoms with Gasteiger partial charge in [0.25, 0.3) is 11.8 Å². The van der Waals surface area contributed by atoms with E-state index in [0.717, 1.165) is 15.5 Å². The zero-order valence-electron chi connectivity index (χ0n) is 17.7. The molecule has 33 heavy (non-hydrogen) atoms. The highest BCUT2D eigenvalue weighted by Crippen LogP contribution is 2.25. The lowest BCUT2D eigenvalue weighted by molar-refractivity contribution is -0.127. The summed E-state index contributed by atoms with van der Waals surface area (Å²) in [6, 6.07) is 24.1. The summed E-state index contributed by atoms with van der Waals surface area (Å²) in [6.07, 6.45) is -0.296. The molecule has 8 heteroatoms. The summed E-state index contributed by atoms with van der Waals surface area (Å²) in [5.41, 5.74) is 4.09. The fourth-order valence-electron chi connectivity index (χ4n) is 3.52. The number of benzene rings is 3. The van der Waals surface area contributed by atoms with Crippen LogP contribution in [-0.2, 0) is 16.1 Å². The zero-order valence-corrected chi connectivity index (χ0v) is 17.7. The molecule has 0 aliphatic carbocycles. The second kappa shape index (κ2) is 9.78. The number of amides is 5. The van der Waals surface area contributed by atoms with E-state index < -0.39 is 29.8 Å². The minimum atomic E-state index is -1.18. The van der Waals surface area contributed by atoms with Crippen molar-refractivity contribution in [2.45, 2.75) is 19.0 Å². The molecule has 0 bridgehead atoms. The van der Waals surface area contributed by atoms with Crippen molar-refractivity contribution in [3.63, 3.8) is 0 Å². The molecule has 1 heterocycles. The van der Waals surface area contributed by atoms with Gasteiger partial charge < -0.3 is 5.32 Å². The largest absolute Gasteiger partial charge is 0.352 e. The van der Waals surface area contributed by atoms with Crippen LogP contribution in [0.3, 0.4) is 0 Å². The number of imide groups is 1. The molecular weight excluding hydrogens is 420 g/mol. The lowest BCUT2D eigenvalue weighted by Gasteiger charge is -2.22. The molecule has 166 valence electrons. The number of urea groups is 1. The Bertz CT molecular complexity index is 1150. The Morgan fingerprint density at radius 1 is 0.788 bits per heavy atom. The van der Waals surface area contributed by atoms with Crippen LogP contribution in [-0.4, -0.2) is 34.8 Å². The average Bonchev–Trinajstić information content (AvgIpc) is 3.08. The van der Waals surface area contributed by atoms with E-state index in [1.165, 1.54) is 0 Å². The maximum Gasteiger partial charge on any atom is 0.350 e. The summed E-state index contributed by atoms with van der Waals surface area (Å²) in [5.74, 6) is -1.56. The van der Waals surface area contributed by atoms with E-state index in [4.69, 9.17) is 0 Å². The first-order chi connectivity index (χ1) is 16.0. The van der Waals surface area contributed by atoms with Crippen molar-refractivity contribution in [1.82, 2.24) is 15.8 Å². The Kier molecular flexibility index (Phi) is 6.45. The topological polar surface area (TPSA) is 98.8 Å². The number of hydrogen-bond acceptors (Lipinski definition) is 4. The minimum Gasteiger partial charge on any atom is -0.352 e. The quantitative estimate of drug-likeness (QED) is 0.550. The van der Waals surface area contributed by atoms with Crippen molar-refractivity contribution in [2.24, 2.45) is 0 Å². The minimum absolute atomic E-state index is 0.285. The van der Waals surface area contributed by atoms with E-state index in [0.29, 0.717) is 11.3 Å². The maximum absolute atomic E-state index is 13.2. The molecule has 4 rings (SSSR count). The van der Waals surface area contributed by atoms with E-state index >= 15 is 0 Å². The number of hydrogen-bond donors (Lipinski definition) is 2. The molecule has 1 fully saturated rings. The third-order valence-corrected chi connectivity index (χ3v) is 5.20. The molecule has 3 aromatic rings. The second-order valence-electron chi connectivity index (χ2n) is 7.45. The Labute approximate surface area is 190 Å². The van der Waals surface area contributed by atoms with E-state index in [9.17, 15) is 19.2 Å². The van der Waals surface area contributed by atoms with Gasteiger partial charge in [0.15, 0.2) is 0 Å². The van der Waals surface area contributed by atoms with E-state index in [-0.39, 0.29) is 13.0 Å². The Balaban J connectivity index is 1.54. The molecule has 3 aromatic carbocycles. The van der Waals surface area contributed by atoms with Gasteiger partial charge in [0, 0.05) is 12.1 Å². The average molecular weight is 442 g/mol. The smallest absolute Gasteiger partial charge is 0.350 e. The van der Waals surface area contributed by atoms with Crippen molar-refractivity contribution < 1.29 is 19.2 Å². The van der Waals surface area contributed by atoms with Crippen LogP contribution in [0.1, 0.15) is 22.3 Å². The molecule has 1 aliphatic heterocycles. The van der Waals surface area contributed by atoms with E-state index in [1.54, 1.807) is 60.7 Å². The van der Waals surface area contributed by atoms with Crippen LogP contribution in [0.4, 0.5) is 10.5 Å². The van der Waals surface area contributed by atoms with Gasteiger partial charge in [-0.2, -0.15) is 0 Å². The molecule has 0 aromatic heterocycles. The molecular formula is C25H22N4O4. The van der Waals surface area contributed by atoms with Crippen molar-refractivity contribution in [3.05, 3.63) is 102 Å². The third-order valence-electron chi connectivity index (χ3n) is 5.20. The van der Waals surface area contributed by atoms with Crippen molar-refractivity contribution in [1.29, 1.82) is 0 Å². The number of nitrogens with one attached hydrogen (secondary N) is 2. The van der Waals surface area contributed by atoms with Crippen LogP contribution >= 0.6 is 0 Å². The number of rotatable bonds is 7. The monoisotopic (exact) mass is 442 g/mol. The zero-order chi connectivity index (χ0) is 23.2. The lowest BCUT2D eigenvalue weighted by atomic mass is 10.1. The SMILES string of the molecule is O=C(CC1C(=O)N(c2ccccc2)C(=O)N1NC(=O)c1ccccc1)NCc1ccccc1. The summed E-state index contributed by atoms with van der Waals surface area (Å²) in [4.78, 5) is 52.6. The van der Waals surface area contributed by atoms with Gasteiger partial charge >= 0.3 is 6.03 Å². The number of hydrazine groups is 1. The second-order valence-corrected chi connectivity index (χ2v) is 7.45. The number of carbonyl (C=O) groups is 4. The Morgan fingerprint density at radius 2 is 1.36 bits per heavy atom. The highest BCUT2D eigenvalue weighted by molar-refractivity contribution is 6.22. The summed E-state index contributed by atoms with van der Waals surface area (Å²) in [6.45, 7) is 0.285. The first kappa shape index (κ1) is 21.8. The molecule has 2 N–H and O–H groups in total. The normalized spacial score (nSPS) is 15.5. The van der Waals surface area contributed by atoms with Crippen molar-refractivity contribution in [2.75, 3.05) is 4.90 Å². The molecule has 0 spiro atoms. The van der Waals surface area contributed by atoms with Crippen molar-refractivity contribution in [3.8, 4) is 0 Å². The lowest BCUT2D eigenvalue weighted by Crippen LogP contribution is -2.50. The molecule has 8 nitrogen and oxygen atoms in total. The molecule has 1 unspecified atom stereocenters. The van der Waals surface area contributed by atoms with Gasteiger partial charge in [-0.1, -0.05) is 66.7 Å². The summed E-state index contributed by atoms with van der Waals surface area (Å²) < 4.78 is 0. The number of nitrogens with zero attached hydrogens (tertiary/aromatic N) is 2. The molecule has 1 aliphatic rings. The van der Waals surface area contributed by atoms with Crippen LogP contribution in [0.5, 0.6) is 0 Å². The summed E-state index contributed by atoms with van der Waals surface area (Å²) in [5, 5.41) is 3.70. The first-order valence-corrected chi connectivity index (χ1v) is 10.4. The molecule has 0 saturated carbocycles. The third kappa shape index (κ3) is 4.90. The van der Waals surface area contributed by atoms with Gasteiger partial charge in [0.05, 0.1) is 12.1 Å². The van der Waals surface area contributed by atoms with Gasteiger partial charge in [-0.25, -0.2) is 14.7 Å². The van der Waals surface area contributed by atoms with Gasteiger partial charge in [-0.15, -0.1) is 0 Å². The van der Waals surface area contributed by atoms with Crippen LogP contribution in [0.15, 0.2) is 91.0 Å². The predicted molar refractivity (Wildman–Crippen MR) is 122 cm³/mol. The molecule has 5 amide bonds. The maximum atomic E-state index is 13.2. The highest BCUT2D eigenvalue weighted by atomic mass is 16.2. The Morgan fingerprint density at radius 3 is 2.00 bits per heavy atom. The van der Waals surface area contributed by atoms with E-state index in [1.807, 2.05) is 30.3 Å². The Hall–Kier alpha value is -4.46. The van der Waals surface area contributed by atoms with Crippen LogP contribution in [0.25, 0.3) is 0 Å². The fraction of sp³-hybridized carbons (Fsp3) is 0.120. The summed E-state index contributed by atoms with van der Waals surface area (Å²) >= 11 is 0. The van der Waals surface area contributed by atoms with Gasteiger partial charge in [-0.3, -0.25) is 19.8 Å². The van der Waals surface area contributed by atoms with Gasteiger partial charge in [0.1, 0.15) is 6.04 Å². The van der Waals surface area contributed by atoms with E-state index in [2.05, 4.69) is 10.7 Å².